The van der Waals surface area contributed by atoms with Crippen molar-refractivity contribution in [3.05, 3.63) is 24.3 Å². The smallest absolute Gasteiger partial charge is 0.194 e. The van der Waals surface area contributed by atoms with Gasteiger partial charge in [-0.15, -0.1) is 0 Å². The van der Waals surface area contributed by atoms with Gasteiger partial charge in [0.15, 0.2) is 5.96 Å². The van der Waals surface area contributed by atoms with Crippen LogP contribution >= 0.6 is 0 Å². The molecule has 1 aromatic carbocycles. The average molecular weight is 387 g/mol. The van der Waals surface area contributed by atoms with Crippen LogP contribution in [0.4, 0.5) is 5.69 Å². The first-order valence-electron chi connectivity index (χ1n) is 10.7. The molecule has 0 spiro atoms. The molecule has 28 heavy (non-hydrogen) atoms. The molecule has 4 saturated heterocycles. The Morgan fingerprint density at radius 3 is 2.46 bits per heavy atom. The molecule has 2 bridgehead atoms. The standard InChI is InChI=1S/C21H34N6O/c1-3-22-21(23-16-18-17-24-8-10-25(18)11-9-24)27-14-12-26(13-15-27)19-6-4-5-7-20(19)28-2/h4-7,18H,3,8-17H2,1-2H3,(H,22,23). The average Bonchev–Trinajstić information content (AvgIpc) is 2.77. The fourth-order valence-corrected chi connectivity index (χ4v) is 4.57. The predicted octanol–water partition coefficient (Wildman–Crippen LogP) is 0.783. The van der Waals surface area contributed by atoms with E-state index in [1.54, 1.807) is 7.11 Å². The molecule has 7 heteroatoms. The van der Waals surface area contributed by atoms with Crippen LogP contribution in [0, 0.1) is 0 Å². The Hall–Kier alpha value is -1.99. The molecule has 4 aliphatic rings. The van der Waals surface area contributed by atoms with E-state index in [4.69, 9.17) is 9.73 Å². The summed E-state index contributed by atoms with van der Waals surface area (Å²) >= 11 is 0. The number of ether oxygens (including phenoxy) is 1. The minimum atomic E-state index is 0.575. The number of piperazine rings is 4. The summed E-state index contributed by atoms with van der Waals surface area (Å²) in [4.78, 5) is 15.1. The van der Waals surface area contributed by atoms with Gasteiger partial charge in [-0.2, -0.15) is 0 Å². The number of nitrogens with one attached hydrogen (secondary N) is 1. The Bertz CT molecular complexity index is 665. The third kappa shape index (κ3) is 4.20. The van der Waals surface area contributed by atoms with Gasteiger partial charge >= 0.3 is 0 Å². The number of para-hydroxylation sites is 2. The molecule has 1 aromatic rings. The lowest BCUT2D eigenvalue weighted by Gasteiger charge is -2.47. The van der Waals surface area contributed by atoms with E-state index in [2.05, 4.69) is 44.0 Å². The second kappa shape index (κ2) is 9.01. The van der Waals surface area contributed by atoms with Gasteiger partial charge in [-0.25, -0.2) is 0 Å². The van der Waals surface area contributed by atoms with E-state index in [1.807, 2.05) is 12.1 Å². The van der Waals surface area contributed by atoms with Gasteiger partial charge < -0.3 is 19.9 Å². The van der Waals surface area contributed by atoms with Crippen LogP contribution in [-0.4, -0.2) is 106 Å². The van der Waals surface area contributed by atoms with E-state index in [1.165, 1.54) is 38.4 Å². The van der Waals surface area contributed by atoms with E-state index >= 15 is 0 Å². The first-order chi connectivity index (χ1) is 13.8. The highest BCUT2D eigenvalue weighted by atomic mass is 16.5. The van der Waals surface area contributed by atoms with Crippen molar-refractivity contribution in [1.82, 2.24) is 20.0 Å². The number of hydrogen-bond donors (Lipinski definition) is 1. The zero-order valence-electron chi connectivity index (χ0n) is 17.3. The van der Waals surface area contributed by atoms with Crippen molar-refractivity contribution in [2.45, 2.75) is 13.0 Å². The third-order valence-corrected chi connectivity index (χ3v) is 6.18. The SMILES string of the molecule is CCNC(=NCC1CN2CCN1CC2)N1CCN(c2ccccc2OC)CC1. The van der Waals surface area contributed by atoms with E-state index in [0.717, 1.165) is 51.0 Å². The quantitative estimate of drug-likeness (QED) is 0.596. The summed E-state index contributed by atoms with van der Waals surface area (Å²) in [5.74, 6) is 2.02. The molecule has 4 heterocycles. The second-order valence-electron chi connectivity index (χ2n) is 7.83. The monoisotopic (exact) mass is 386 g/mol. The molecule has 5 rings (SSSR count). The number of methoxy groups -OCH3 is 1. The lowest BCUT2D eigenvalue weighted by molar-refractivity contribution is 0.0173. The number of benzene rings is 1. The largest absolute Gasteiger partial charge is 0.495 e. The van der Waals surface area contributed by atoms with Crippen molar-refractivity contribution >= 4 is 11.6 Å². The molecule has 154 valence electrons. The fraction of sp³-hybridized carbons (Fsp3) is 0.667. The molecule has 0 radical (unpaired) electrons. The summed E-state index contributed by atoms with van der Waals surface area (Å²) in [6.07, 6.45) is 0. The van der Waals surface area contributed by atoms with Crippen LogP contribution in [0.5, 0.6) is 5.75 Å². The van der Waals surface area contributed by atoms with Crippen LogP contribution in [0.3, 0.4) is 0 Å². The summed E-state index contributed by atoms with van der Waals surface area (Å²) in [5.41, 5.74) is 1.19. The third-order valence-electron chi connectivity index (χ3n) is 6.18. The normalized spacial score (nSPS) is 27.8. The van der Waals surface area contributed by atoms with Crippen molar-refractivity contribution in [1.29, 1.82) is 0 Å². The molecule has 0 aliphatic carbocycles. The van der Waals surface area contributed by atoms with Crippen molar-refractivity contribution in [3.63, 3.8) is 0 Å². The minimum absolute atomic E-state index is 0.575. The molecular weight excluding hydrogens is 352 g/mol. The van der Waals surface area contributed by atoms with Gasteiger partial charge in [0.2, 0.25) is 0 Å². The Kier molecular flexibility index (Phi) is 6.22. The highest BCUT2D eigenvalue weighted by Crippen LogP contribution is 2.28. The maximum Gasteiger partial charge on any atom is 0.194 e. The molecule has 0 amide bonds. The zero-order valence-corrected chi connectivity index (χ0v) is 17.3. The van der Waals surface area contributed by atoms with Crippen LogP contribution < -0.4 is 15.0 Å². The summed E-state index contributed by atoms with van der Waals surface area (Å²) in [6.45, 7) is 13.9. The number of aliphatic imine (C=N–C) groups is 1. The van der Waals surface area contributed by atoms with Crippen LogP contribution in [0.25, 0.3) is 0 Å². The lowest BCUT2D eigenvalue weighted by atomic mass is 10.1. The number of fused-ring (bicyclic) bond motifs is 3. The molecule has 0 saturated carbocycles. The van der Waals surface area contributed by atoms with Crippen LogP contribution in [0.15, 0.2) is 29.3 Å². The van der Waals surface area contributed by atoms with Gasteiger partial charge in [0.05, 0.1) is 19.3 Å². The van der Waals surface area contributed by atoms with Crippen LogP contribution in [0.1, 0.15) is 6.92 Å². The van der Waals surface area contributed by atoms with Crippen molar-refractivity contribution in [2.24, 2.45) is 4.99 Å². The number of nitrogens with zero attached hydrogens (tertiary/aromatic N) is 5. The zero-order chi connectivity index (χ0) is 19.3. The summed E-state index contributed by atoms with van der Waals surface area (Å²) in [5, 5.41) is 3.51. The highest BCUT2D eigenvalue weighted by Gasteiger charge is 2.31. The fourth-order valence-electron chi connectivity index (χ4n) is 4.57. The molecule has 1 unspecified atom stereocenters. The Labute approximate surface area is 168 Å². The Morgan fingerprint density at radius 2 is 1.82 bits per heavy atom. The summed E-state index contributed by atoms with van der Waals surface area (Å²) in [7, 11) is 1.75. The maximum absolute atomic E-state index is 5.54. The lowest BCUT2D eigenvalue weighted by Crippen LogP contribution is -2.62. The van der Waals surface area contributed by atoms with Gasteiger partial charge in [0, 0.05) is 71.5 Å². The van der Waals surface area contributed by atoms with Gasteiger partial charge in [0.1, 0.15) is 5.75 Å². The highest BCUT2D eigenvalue weighted by molar-refractivity contribution is 5.80. The van der Waals surface area contributed by atoms with E-state index in [0.29, 0.717) is 6.04 Å². The number of hydrogen-bond acceptors (Lipinski definition) is 5. The summed E-state index contributed by atoms with van der Waals surface area (Å²) < 4.78 is 5.54. The van der Waals surface area contributed by atoms with E-state index in [9.17, 15) is 0 Å². The van der Waals surface area contributed by atoms with Crippen LogP contribution in [-0.2, 0) is 0 Å². The van der Waals surface area contributed by atoms with Crippen LogP contribution in [0.2, 0.25) is 0 Å². The molecule has 1 atom stereocenters. The van der Waals surface area contributed by atoms with E-state index in [-0.39, 0.29) is 0 Å². The first-order valence-corrected chi connectivity index (χ1v) is 10.7. The van der Waals surface area contributed by atoms with Crippen molar-refractivity contribution in [3.8, 4) is 5.75 Å². The van der Waals surface area contributed by atoms with Gasteiger partial charge in [-0.3, -0.25) is 14.8 Å². The van der Waals surface area contributed by atoms with E-state index < -0.39 is 0 Å². The maximum atomic E-state index is 5.54. The number of anilines is 1. The molecule has 1 N–H and O–H groups in total. The van der Waals surface area contributed by atoms with Crippen molar-refractivity contribution in [2.75, 3.05) is 84.0 Å². The van der Waals surface area contributed by atoms with Gasteiger partial charge in [-0.1, -0.05) is 12.1 Å². The summed E-state index contributed by atoms with van der Waals surface area (Å²) in [6, 6.07) is 8.87. The molecule has 4 fully saturated rings. The molecule has 0 aromatic heterocycles. The van der Waals surface area contributed by atoms with Gasteiger partial charge in [-0.05, 0) is 19.1 Å². The Balaban J connectivity index is 1.36. The van der Waals surface area contributed by atoms with Gasteiger partial charge in [0.25, 0.3) is 0 Å². The predicted molar refractivity (Wildman–Crippen MR) is 115 cm³/mol. The number of rotatable bonds is 5. The molecule has 7 nitrogen and oxygen atoms in total. The Morgan fingerprint density at radius 1 is 1.07 bits per heavy atom. The van der Waals surface area contributed by atoms with Crippen molar-refractivity contribution < 1.29 is 4.74 Å². The minimum Gasteiger partial charge on any atom is -0.495 e. The topological polar surface area (TPSA) is 46.6 Å². The molecular formula is C21H34N6O. The second-order valence-corrected chi connectivity index (χ2v) is 7.83. The molecule has 4 aliphatic heterocycles. The number of guanidine groups is 1. The first kappa shape index (κ1) is 19.3.